The highest BCUT2D eigenvalue weighted by molar-refractivity contribution is 6.30. The number of rotatable bonds is 8. The van der Waals surface area contributed by atoms with Crippen LogP contribution in [0.4, 0.5) is 22.0 Å². The van der Waals surface area contributed by atoms with Gasteiger partial charge in [-0.3, -0.25) is 28.9 Å². The lowest BCUT2D eigenvalue weighted by Crippen LogP contribution is -2.60. The Hall–Kier alpha value is -5.93. The third-order valence-electron chi connectivity index (χ3n) is 11.5. The fourth-order valence-corrected chi connectivity index (χ4v) is 8.76. The molecule has 286 valence electrons. The van der Waals surface area contributed by atoms with Crippen molar-refractivity contribution in [2.24, 2.45) is 5.41 Å². The molecule has 16 heteroatoms. The van der Waals surface area contributed by atoms with E-state index in [0.29, 0.717) is 40.7 Å². The first-order valence-electron chi connectivity index (χ1n) is 18.6. The van der Waals surface area contributed by atoms with Crippen molar-refractivity contribution in [1.29, 1.82) is 0 Å². The van der Waals surface area contributed by atoms with Crippen LogP contribution in [-0.4, -0.2) is 91.5 Å². The van der Waals surface area contributed by atoms with Crippen molar-refractivity contribution in [3.63, 3.8) is 0 Å². The molecule has 1 unspecified atom stereocenters. The van der Waals surface area contributed by atoms with Gasteiger partial charge < -0.3 is 25.8 Å². The van der Waals surface area contributed by atoms with E-state index in [0.717, 1.165) is 63.1 Å². The summed E-state index contributed by atoms with van der Waals surface area (Å²) in [6, 6.07) is 12.7. The zero-order chi connectivity index (χ0) is 38.7. The molecule has 3 aromatic heterocycles. The van der Waals surface area contributed by atoms with Crippen LogP contribution in [0.15, 0.2) is 67.1 Å². The molecule has 4 aliphatic heterocycles. The molecule has 0 aliphatic carbocycles. The molecule has 0 saturated carbocycles. The largest absolute Gasteiger partial charge is 0.382 e. The molecular formula is C40H38ClFN10O4. The number of nitrogens with one attached hydrogen (secondary N) is 2. The Bertz CT molecular complexity index is 2440. The van der Waals surface area contributed by atoms with Gasteiger partial charge in [-0.05, 0) is 78.6 Å². The van der Waals surface area contributed by atoms with Crippen LogP contribution >= 0.6 is 11.6 Å². The zero-order valence-corrected chi connectivity index (χ0v) is 31.1. The van der Waals surface area contributed by atoms with Crippen molar-refractivity contribution in [2.45, 2.75) is 44.7 Å². The lowest BCUT2D eigenvalue weighted by atomic mass is 9.72. The molecule has 1 atom stereocenters. The lowest BCUT2D eigenvalue weighted by molar-refractivity contribution is -0.136. The molecular weight excluding hydrogens is 739 g/mol. The number of halogens is 2. The van der Waals surface area contributed by atoms with Crippen LogP contribution in [0.1, 0.15) is 57.5 Å². The third-order valence-corrected chi connectivity index (χ3v) is 11.8. The van der Waals surface area contributed by atoms with E-state index >= 15 is 4.39 Å². The predicted molar refractivity (Wildman–Crippen MR) is 207 cm³/mol. The average Bonchev–Trinajstić information content (AvgIpc) is 3.71. The number of benzene rings is 2. The number of hydrogen-bond donors (Lipinski definition) is 3. The number of aromatic nitrogens is 4. The first-order chi connectivity index (χ1) is 27.0. The number of imide groups is 1. The first kappa shape index (κ1) is 35.8. The molecule has 4 amide bonds. The summed E-state index contributed by atoms with van der Waals surface area (Å²) in [5, 5.41) is 5.41. The maximum Gasteiger partial charge on any atom is 0.256 e. The maximum absolute atomic E-state index is 15.8. The van der Waals surface area contributed by atoms with Gasteiger partial charge in [0.05, 0.1) is 0 Å². The SMILES string of the molecule is Nc1nccn2c(N3CCC4(CC3)CN(CCc3ccc5c(c3)CN(C3CCC(=O)NC3=O)C5=O)C4)nc(-c3ccc(C(=O)Nc4cc(Cl)ccn4)cc3F)c12. The summed E-state index contributed by atoms with van der Waals surface area (Å²) in [5.41, 5.74) is 10.4. The summed E-state index contributed by atoms with van der Waals surface area (Å²) in [5.74, 6) is -0.871. The number of anilines is 3. The lowest BCUT2D eigenvalue weighted by Gasteiger charge is -2.54. The number of imidazole rings is 1. The highest BCUT2D eigenvalue weighted by atomic mass is 35.5. The van der Waals surface area contributed by atoms with Gasteiger partial charge in [-0.1, -0.05) is 23.7 Å². The smallest absolute Gasteiger partial charge is 0.256 e. The van der Waals surface area contributed by atoms with Gasteiger partial charge in [0.2, 0.25) is 17.8 Å². The zero-order valence-electron chi connectivity index (χ0n) is 30.3. The van der Waals surface area contributed by atoms with E-state index < -0.39 is 23.7 Å². The van der Waals surface area contributed by atoms with Gasteiger partial charge in [0.15, 0.2) is 0 Å². The Labute approximate surface area is 325 Å². The fraction of sp³-hybridized carbons (Fsp3) is 0.325. The fourth-order valence-electron chi connectivity index (χ4n) is 8.60. The van der Waals surface area contributed by atoms with Gasteiger partial charge in [0.1, 0.15) is 34.7 Å². The number of carbonyl (C=O) groups excluding carboxylic acids is 4. The van der Waals surface area contributed by atoms with Crippen molar-refractivity contribution in [3.8, 4) is 11.3 Å². The van der Waals surface area contributed by atoms with Crippen molar-refractivity contribution in [2.75, 3.05) is 48.7 Å². The van der Waals surface area contributed by atoms with E-state index in [9.17, 15) is 19.2 Å². The molecule has 4 aliphatic rings. The number of pyridine rings is 1. The normalized spacial score (nSPS) is 19.3. The summed E-state index contributed by atoms with van der Waals surface area (Å²) in [6.45, 7) is 4.82. The molecule has 3 fully saturated rings. The van der Waals surface area contributed by atoms with Gasteiger partial charge in [0.25, 0.3) is 11.8 Å². The van der Waals surface area contributed by atoms with E-state index in [2.05, 4.69) is 36.5 Å². The number of nitrogen functional groups attached to an aromatic ring is 1. The van der Waals surface area contributed by atoms with Crippen molar-refractivity contribution in [3.05, 3.63) is 100 Å². The molecule has 3 saturated heterocycles. The van der Waals surface area contributed by atoms with Gasteiger partial charge in [0, 0.05) is 86.0 Å². The van der Waals surface area contributed by atoms with Gasteiger partial charge in [-0.25, -0.2) is 19.3 Å². The molecule has 14 nitrogen and oxygen atoms in total. The monoisotopic (exact) mass is 776 g/mol. The Morgan fingerprint density at radius 2 is 1.82 bits per heavy atom. The Balaban J connectivity index is 0.827. The third kappa shape index (κ3) is 6.49. The first-order valence-corrected chi connectivity index (χ1v) is 19.0. The highest BCUT2D eigenvalue weighted by Crippen LogP contribution is 2.42. The summed E-state index contributed by atoms with van der Waals surface area (Å²) in [7, 11) is 0. The minimum atomic E-state index is -0.624. The number of piperidine rings is 2. The molecule has 5 aromatic rings. The van der Waals surface area contributed by atoms with Crippen LogP contribution in [0, 0.1) is 11.2 Å². The minimum absolute atomic E-state index is 0.112. The molecule has 2 aromatic carbocycles. The van der Waals surface area contributed by atoms with Gasteiger partial charge >= 0.3 is 0 Å². The van der Waals surface area contributed by atoms with Crippen LogP contribution in [0.3, 0.4) is 0 Å². The van der Waals surface area contributed by atoms with Gasteiger partial charge in [-0.15, -0.1) is 0 Å². The average molecular weight is 777 g/mol. The van der Waals surface area contributed by atoms with Crippen LogP contribution < -0.4 is 21.3 Å². The molecule has 1 spiro atoms. The quantitative estimate of drug-likeness (QED) is 0.193. The van der Waals surface area contributed by atoms with E-state index in [4.69, 9.17) is 22.3 Å². The van der Waals surface area contributed by atoms with E-state index in [1.807, 2.05) is 16.5 Å². The topological polar surface area (TPSA) is 171 Å². The van der Waals surface area contributed by atoms with Crippen LogP contribution in [0.25, 0.3) is 16.8 Å². The second kappa shape index (κ2) is 14.0. The molecule has 56 heavy (non-hydrogen) atoms. The number of fused-ring (bicyclic) bond motifs is 2. The molecule has 4 N–H and O–H groups in total. The van der Waals surface area contributed by atoms with Crippen molar-refractivity contribution in [1.82, 2.24) is 34.5 Å². The van der Waals surface area contributed by atoms with Crippen molar-refractivity contribution >= 4 is 58.3 Å². The Morgan fingerprint density at radius 1 is 1.02 bits per heavy atom. The number of nitrogens with two attached hydrogens (primary N) is 1. The predicted octanol–water partition coefficient (Wildman–Crippen LogP) is 4.32. The number of likely N-dealkylation sites (tertiary alicyclic amines) is 1. The van der Waals surface area contributed by atoms with Crippen molar-refractivity contribution < 1.29 is 23.6 Å². The van der Waals surface area contributed by atoms with Crippen LogP contribution in [0.5, 0.6) is 0 Å². The summed E-state index contributed by atoms with van der Waals surface area (Å²) in [6.07, 6.45) is 8.24. The second-order valence-electron chi connectivity index (χ2n) is 15.1. The van der Waals surface area contributed by atoms with Crippen LogP contribution in [-0.2, 0) is 22.6 Å². The van der Waals surface area contributed by atoms with E-state index in [1.165, 1.54) is 30.5 Å². The van der Waals surface area contributed by atoms with Crippen LogP contribution in [0.2, 0.25) is 5.02 Å². The number of amides is 4. The number of carbonyl (C=O) groups is 4. The van der Waals surface area contributed by atoms with E-state index in [-0.39, 0.29) is 46.4 Å². The van der Waals surface area contributed by atoms with Gasteiger partial charge in [-0.2, -0.15) is 0 Å². The summed E-state index contributed by atoms with van der Waals surface area (Å²) >= 11 is 6.01. The maximum atomic E-state index is 15.8. The second-order valence-corrected chi connectivity index (χ2v) is 15.6. The molecule has 7 heterocycles. The number of nitrogens with zero attached hydrogens (tertiary/aromatic N) is 7. The minimum Gasteiger partial charge on any atom is -0.382 e. The molecule has 9 rings (SSSR count). The highest BCUT2D eigenvalue weighted by Gasteiger charge is 2.45. The summed E-state index contributed by atoms with van der Waals surface area (Å²) in [4.78, 5) is 69.5. The Morgan fingerprint density at radius 3 is 2.59 bits per heavy atom. The summed E-state index contributed by atoms with van der Waals surface area (Å²) < 4.78 is 17.6. The Kier molecular flexibility index (Phi) is 8.92. The van der Waals surface area contributed by atoms with E-state index in [1.54, 1.807) is 23.4 Å². The molecule has 0 radical (unpaired) electrons. The standard InChI is InChI=1S/C40H38ClFN10O4/c41-26-7-11-44-31(19-26)46-36(54)24-2-4-28(29(42)18-24)33-34-35(43)45-12-16-51(34)39(48-33)50-14-9-40(10-15-50)21-49(22-40)13-8-23-1-3-27-25(17-23)20-52(38(27)56)30-5-6-32(53)47-37(30)55/h1-4,7,11-12,16-19,30H,5-6,8-10,13-15,20-22H2,(H2,43,45)(H,44,46,54)(H,47,53,55). The molecule has 0 bridgehead atoms. The number of hydrogen-bond acceptors (Lipinski definition) is 10.